The number of benzene rings is 8. The molecule has 46 heavy (non-hydrogen) atoms. The van der Waals surface area contributed by atoms with Crippen LogP contribution in [0.25, 0.3) is 43.1 Å². The number of rotatable bonds is 6. The molecule has 0 aliphatic rings. The lowest BCUT2D eigenvalue weighted by Crippen LogP contribution is -1.91. The van der Waals surface area contributed by atoms with Gasteiger partial charge in [-0.2, -0.15) is 0 Å². The van der Waals surface area contributed by atoms with Gasteiger partial charge in [-0.25, -0.2) is 0 Å². The summed E-state index contributed by atoms with van der Waals surface area (Å²) in [4.78, 5) is 2.64. The molecule has 0 unspecified atom stereocenters. The molecule has 0 fully saturated rings. The minimum Gasteiger partial charge on any atom is -0.130 e. The lowest BCUT2D eigenvalue weighted by molar-refractivity contribution is 1.22. The van der Waals surface area contributed by atoms with Crippen LogP contribution in [0, 0.1) is 0 Å². The molecule has 0 aromatic heterocycles. The first-order valence-electron chi connectivity index (χ1n) is 15.7. The van der Waals surface area contributed by atoms with Gasteiger partial charge in [0.15, 0.2) is 0 Å². The van der Waals surface area contributed by atoms with Crippen LogP contribution in [0.3, 0.4) is 0 Å². The third kappa shape index (κ3) is 6.42. The van der Waals surface area contributed by atoms with E-state index in [2.05, 4.69) is 170 Å². The minimum absolute atomic E-state index is 0.973. The SMILES string of the molecule is CSc1ccc2c(Cc3ccccc3)cc3ccccc3c2c1.CSc1ccc2c(Cc3ccccc3)cc3ccccc3c2c1. The highest BCUT2D eigenvalue weighted by Gasteiger charge is 2.10. The molecule has 0 aliphatic heterocycles. The molecule has 0 saturated heterocycles. The molecule has 2 heteroatoms. The Kier molecular flexibility index (Phi) is 9.10. The first kappa shape index (κ1) is 30.2. The van der Waals surface area contributed by atoms with Crippen LogP contribution in [0.15, 0.2) is 168 Å². The molecule has 8 rings (SSSR count). The van der Waals surface area contributed by atoms with Gasteiger partial charge in [0.25, 0.3) is 0 Å². The van der Waals surface area contributed by atoms with Crippen LogP contribution in [0.2, 0.25) is 0 Å². The molecular formula is C44H36S2. The number of hydrogen-bond donors (Lipinski definition) is 0. The first-order chi connectivity index (χ1) is 22.7. The van der Waals surface area contributed by atoms with Gasteiger partial charge in [-0.05, 0) is 115 Å². The molecule has 0 nitrogen and oxygen atoms in total. The second-order valence-electron chi connectivity index (χ2n) is 11.7. The minimum atomic E-state index is 0.973. The number of fused-ring (bicyclic) bond motifs is 6. The van der Waals surface area contributed by atoms with Gasteiger partial charge in [-0.1, -0.05) is 133 Å². The Hall–Kier alpha value is -4.50. The van der Waals surface area contributed by atoms with Crippen molar-refractivity contribution in [1.82, 2.24) is 0 Å². The average molecular weight is 629 g/mol. The Balaban J connectivity index is 0.000000147. The molecule has 224 valence electrons. The van der Waals surface area contributed by atoms with Gasteiger partial charge in [-0.15, -0.1) is 23.5 Å². The average Bonchev–Trinajstić information content (AvgIpc) is 3.12. The molecule has 0 heterocycles. The lowest BCUT2D eigenvalue weighted by Gasteiger charge is -2.12. The quantitative estimate of drug-likeness (QED) is 0.133. The van der Waals surface area contributed by atoms with E-state index in [0.717, 1.165) is 12.8 Å². The topological polar surface area (TPSA) is 0 Å². The Morgan fingerprint density at radius 3 is 1.15 bits per heavy atom. The van der Waals surface area contributed by atoms with Gasteiger partial charge in [0, 0.05) is 9.79 Å². The molecule has 0 saturated carbocycles. The Labute approximate surface area is 280 Å². The normalized spacial score (nSPS) is 11.2. The summed E-state index contributed by atoms with van der Waals surface area (Å²) < 4.78 is 0. The van der Waals surface area contributed by atoms with Crippen molar-refractivity contribution < 1.29 is 0 Å². The number of hydrogen-bond acceptors (Lipinski definition) is 2. The standard InChI is InChI=1S/2C22H18S/c2*1-23-19-11-12-21-18(13-16-7-3-2-4-8-16)14-17-9-5-6-10-20(17)22(21)15-19/h2*2-12,14-15H,13H2,1H3. The lowest BCUT2D eigenvalue weighted by atomic mass is 9.94. The van der Waals surface area contributed by atoms with E-state index in [1.165, 1.54) is 75.1 Å². The van der Waals surface area contributed by atoms with Gasteiger partial charge < -0.3 is 0 Å². The monoisotopic (exact) mass is 628 g/mol. The fourth-order valence-electron chi connectivity index (χ4n) is 6.50. The van der Waals surface area contributed by atoms with E-state index in [-0.39, 0.29) is 0 Å². The fourth-order valence-corrected chi connectivity index (χ4v) is 7.38. The summed E-state index contributed by atoms with van der Waals surface area (Å²) in [6.45, 7) is 0. The van der Waals surface area contributed by atoms with Gasteiger partial charge in [0.2, 0.25) is 0 Å². The van der Waals surface area contributed by atoms with Gasteiger partial charge >= 0.3 is 0 Å². The second kappa shape index (κ2) is 13.9. The molecule has 0 aliphatic carbocycles. The highest BCUT2D eigenvalue weighted by Crippen LogP contribution is 2.34. The van der Waals surface area contributed by atoms with Crippen molar-refractivity contribution in [3.8, 4) is 0 Å². The zero-order valence-electron chi connectivity index (χ0n) is 26.2. The highest BCUT2D eigenvalue weighted by atomic mass is 32.2. The predicted octanol–water partition coefficient (Wildman–Crippen LogP) is 12.6. The third-order valence-electron chi connectivity index (χ3n) is 8.78. The first-order valence-corrected chi connectivity index (χ1v) is 18.2. The van der Waals surface area contributed by atoms with Gasteiger partial charge in [0.05, 0.1) is 0 Å². The van der Waals surface area contributed by atoms with Crippen molar-refractivity contribution in [2.24, 2.45) is 0 Å². The largest absolute Gasteiger partial charge is 0.130 e. The Morgan fingerprint density at radius 1 is 0.348 bits per heavy atom. The zero-order valence-corrected chi connectivity index (χ0v) is 27.9. The van der Waals surface area contributed by atoms with E-state index in [1.807, 2.05) is 0 Å². The molecule has 8 aromatic rings. The molecule has 0 amide bonds. The summed E-state index contributed by atoms with van der Waals surface area (Å²) >= 11 is 3.60. The van der Waals surface area contributed by atoms with Crippen LogP contribution in [-0.4, -0.2) is 12.5 Å². The maximum atomic E-state index is 2.35. The summed E-state index contributed by atoms with van der Waals surface area (Å²) in [7, 11) is 0. The van der Waals surface area contributed by atoms with Crippen LogP contribution in [0.4, 0.5) is 0 Å². The van der Waals surface area contributed by atoms with Crippen molar-refractivity contribution in [2.75, 3.05) is 12.5 Å². The van der Waals surface area contributed by atoms with Crippen LogP contribution in [-0.2, 0) is 12.8 Å². The van der Waals surface area contributed by atoms with E-state index >= 15 is 0 Å². The van der Waals surface area contributed by atoms with Crippen molar-refractivity contribution in [3.05, 3.63) is 180 Å². The smallest absolute Gasteiger partial charge is 0.00757 e. The molecule has 0 bridgehead atoms. The van der Waals surface area contributed by atoms with Crippen LogP contribution in [0.5, 0.6) is 0 Å². The van der Waals surface area contributed by atoms with Crippen molar-refractivity contribution in [3.63, 3.8) is 0 Å². The molecule has 0 N–H and O–H groups in total. The maximum absolute atomic E-state index is 2.35. The van der Waals surface area contributed by atoms with Gasteiger partial charge in [-0.3, -0.25) is 0 Å². The van der Waals surface area contributed by atoms with Crippen molar-refractivity contribution in [2.45, 2.75) is 22.6 Å². The summed E-state index contributed by atoms with van der Waals surface area (Å²) in [5.41, 5.74) is 5.52. The molecule has 0 spiro atoms. The molecular weight excluding hydrogens is 593 g/mol. The highest BCUT2D eigenvalue weighted by molar-refractivity contribution is 7.98. The number of thioether (sulfide) groups is 2. The fraction of sp³-hybridized carbons (Fsp3) is 0.0909. The molecule has 0 atom stereocenters. The van der Waals surface area contributed by atoms with E-state index in [0.29, 0.717) is 0 Å². The van der Waals surface area contributed by atoms with Gasteiger partial charge in [0.1, 0.15) is 0 Å². The van der Waals surface area contributed by atoms with Crippen LogP contribution in [0.1, 0.15) is 22.3 Å². The van der Waals surface area contributed by atoms with E-state index in [4.69, 9.17) is 0 Å². The predicted molar refractivity (Wildman–Crippen MR) is 205 cm³/mol. The molecule has 0 radical (unpaired) electrons. The summed E-state index contributed by atoms with van der Waals surface area (Å²) in [5, 5.41) is 10.8. The van der Waals surface area contributed by atoms with E-state index < -0.39 is 0 Å². The second-order valence-corrected chi connectivity index (χ2v) is 13.4. The van der Waals surface area contributed by atoms with Crippen molar-refractivity contribution >= 4 is 66.6 Å². The maximum Gasteiger partial charge on any atom is 0.00757 e. The zero-order chi connectivity index (χ0) is 31.3. The Bertz CT molecular complexity index is 2110. The van der Waals surface area contributed by atoms with Crippen LogP contribution < -0.4 is 0 Å². The summed E-state index contributed by atoms with van der Waals surface area (Å²) in [5.74, 6) is 0. The van der Waals surface area contributed by atoms with E-state index in [9.17, 15) is 0 Å². The van der Waals surface area contributed by atoms with E-state index in [1.54, 1.807) is 23.5 Å². The van der Waals surface area contributed by atoms with Crippen LogP contribution >= 0.6 is 23.5 Å². The third-order valence-corrected chi connectivity index (χ3v) is 10.2. The summed E-state index contributed by atoms with van der Waals surface area (Å²) in [6.07, 6.45) is 6.22. The molecule has 8 aromatic carbocycles. The Morgan fingerprint density at radius 2 is 0.739 bits per heavy atom. The van der Waals surface area contributed by atoms with Crippen molar-refractivity contribution in [1.29, 1.82) is 0 Å². The summed E-state index contributed by atoms with van der Waals surface area (Å²) in [6, 6.07) is 57.2.